The summed E-state index contributed by atoms with van der Waals surface area (Å²) in [5, 5.41) is 2.57. The maximum atomic E-state index is 13.7. The van der Waals surface area contributed by atoms with Crippen LogP contribution in [0.4, 0.5) is 5.69 Å². The molecule has 1 atom stereocenters. The molecule has 0 fully saturated rings. The fourth-order valence-corrected chi connectivity index (χ4v) is 5.13. The summed E-state index contributed by atoms with van der Waals surface area (Å²) in [4.78, 5) is 27.6. The lowest BCUT2D eigenvalue weighted by molar-refractivity contribution is -0.139. The number of hydrogen-bond acceptors (Lipinski definition) is 5. The fraction of sp³-hybridized carbons (Fsp3) is 0.259. The number of carbonyl (C=O) groups is 2. The average molecular weight is 510 g/mol. The highest BCUT2D eigenvalue weighted by Gasteiger charge is 2.32. The van der Waals surface area contributed by atoms with Crippen molar-refractivity contribution in [2.24, 2.45) is 0 Å². The summed E-state index contributed by atoms with van der Waals surface area (Å²) in [6.45, 7) is 3.09. The largest absolute Gasteiger partial charge is 0.497 e. The van der Waals surface area contributed by atoms with Gasteiger partial charge in [-0.2, -0.15) is 0 Å². The van der Waals surface area contributed by atoms with Crippen molar-refractivity contribution in [1.29, 1.82) is 0 Å². The number of methoxy groups -OCH3 is 1. The molecule has 0 radical (unpaired) electrons. The number of benzene rings is 3. The van der Waals surface area contributed by atoms with Crippen LogP contribution >= 0.6 is 0 Å². The molecular formula is C27H31N3O5S. The molecule has 0 aliphatic carbocycles. The average Bonchev–Trinajstić information content (AvgIpc) is 2.90. The Hall–Kier alpha value is -3.85. The molecule has 190 valence electrons. The molecule has 0 saturated heterocycles. The second-order valence-corrected chi connectivity index (χ2v) is 10.2. The summed E-state index contributed by atoms with van der Waals surface area (Å²) in [6, 6.07) is 21.2. The Kier molecular flexibility index (Phi) is 8.71. The van der Waals surface area contributed by atoms with Gasteiger partial charge in [-0.25, -0.2) is 8.42 Å². The quantitative estimate of drug-likeness (QED) is 0.452. The summed E-state index contributed by atoms with van der Waals surface area (Å²) >= 11 is 0. The van der Waals surface area contributed by atoms with Crippen LogP contribution in [-0.4, -0.2) is 51.9 Å². The zero-order valence-corrected chi connectivity index (χ0v) is 21.7. The number of rotatable bonds is 10. The van der Waals surface area contributed by atoms with E-state index in [2.05, 4.69) is 5.32 Å². The first-order valence-corrected chi connectivity index (χ1v) is 12.9. The van der Waals surface area contributed by atoms with Gasteiger partial charge in [0.2, 0.25) is 11.8 Å². The van der Waals surface area contributed by atoms with Gasteiger partial charge >= 0.3 is 0 Å². The van der Waals surface area contributed by atoms with Crippen molar-refractivity contribution in [3.8, 4) is 5.75 Å². The molecule has 0 saturated carbocycles. The van der Waals surface area contributed by atoms with E-state index in [0.717, 1.165) is 15.4 Å². The van der Waals surface area contributed by atoms with Gasteiger partial charge in [0.25, 0.3) is 10.0 Å². The Morgan fingerprint density at radius 2 is 1.64 bits per heavy atom. The van der Waals surface area contributed by atoms with Crippen LogP contribution in [0.25, 0.3) is 0 Å². The van der Waals surface area contributed by atoms with E-state index in [4.69, 9.17) is 4.74 Å². The van der Waals surface area contributed by atoms with Crippen LogP contribution in [0.1, 0.15) is 18.1 Å². The molecule has 0 spiro atoms. The molecule has 2 amide bonds. The molecule has 3 aromatic carbocycles. The monoisotopic (exact) mass is 509 g/mol. The third-order valence-corrected chi connectivity index (χ3v) is 7.62. The number of likely N-dealkylation sites (N-methyl/N-ethyl adjacent to an activating group) is 1. The van der Waals surface area contributed by atoms with E-state index in [-0.39, 0.29) is 17.3 Å². The van der Waals surface area contributed by atoms with Crippen LogP contribution in [0.15, 0.2) is 83.8 Å². The predicted molar refractivity (Wildman–Crippen MR) is 139 cm³/mol. The van der Waals surface area contributed by atoms with Gasteiger partial charge in [0.05, 0.1) is 17.7 Å². The van der Waals surface area contributed by atoms with E-state index in [0.29, 0.717) is 11.4 Å². The standard InChI is InChI=1S/C27H31N3O5S/c1-20-13-15-25(16-14-20)36(33,34)30(23-10-6-5-7-11-23)19-26(31)29(21(2)27(32)28-3)18-22-9-8-12-24(17-22)35-4/h5-17,21H,18-19H2,1-4H3,(H,28,32). The summed E-state index contributed by atoms with van der Waals surface area (Å²) in [5.74, 6) is -0.271. The first-order valence-electron chi connectivity index (χ1n) is 11.5. The number of sulfonamides is 1. The maximum Gasteiger partial charge on any atom is 0.264 e. The highest BCUT2D eigenvalue weighted by molar-refractivity contribution is 7.92. The van der Waals surface area contributed by atoms with Crippen molar-refractivity contribution < 1.29 is 22.7 Å². The zero-order valence-electron chi connectivity index (χ0n) is 20.8. The van der Waals surface area contributed by atoms with E-state index in [1.165, 1.54) is 24.1 Å². The first kappa shape index (κ1) is 26.7. The Morgan fingerprint density at radius 3 is 2.25 bits per heavy atom. The zero-order chi connectivity index (χ0) is 26.3. The Balaban J connectivity index is 2.00. The molecule has 9 heteroatoms. The summed E-state index contributed by atoms with van der Waals surface area (Å²) in [7, 11) is -1.03. The van der Waals surface area contributed by atoms with Gasteiger partial charge in [-0.15, -0.1) is 0 Å². The van der Waals surface area contributed by atoms with Crippen LogP contribution < -0.4 is 14.4 Å². The van der Waals surface area contributed by atoms with E-state index >= 15 is 0 Å². The molecule has 8 nitrogen and oxygen atoms in total. The fourth-order valence-electron chi connectivity index (χ4n) is 3.72. The van der Waals surface area contributed by atoms with Crippen LogP contribution in [0.3, 0.4) is 0 Å². The molecule has 3 aromatic rings. The molecule has 0 aliphatic rings. The highest BCUT2D eigenvalue weighted by atomic mass is 32.2. The molecule has 1 N–H and O–H groups in total. The number of para-hydroxylation sites is 1. The lowest BCUT2D eigenvalue weighted by atomic mass is 10.1. The van der Waals surface area contributed by atoms with Gasteiger partial charge < -0.3 is 15.0 Å². The SMILES string of the molecule is CNC(=O)C(C)N(Cc1cccc(OC)c1)C(=O)CN(c1ccccc1)S(=O)(=O)c1ccc(C)cc1. The summed E-state index contributed by atoms with van der Waals surface area (Å²) in [5.41, 5.74) is 2.01. The van der Waals surface area contributed by atoms with Crippen LogP contribution in [0.2, 0.25) is 0 Å². The lowest BCUT2D eigenvalue weighted by Crippen LogP contribution is -2.50. The third kappa shape index (κ3) is 6.23. The lowest BCUT2D eigenvalue weighted by Gasteiger charge is -2.31. The molecule has 0 aliphatic heterocycles. The number of nitrogens with zero attached hydrogens (tertiary/aromatic N) is 2. The van der Waals surface area contributed by atoms with Gasteiger partial charge in [0.15, 0.2) is 0 Å². The molecule has 3 rings (SSSR count). The van der Waals surface area contributed by atoms with Crippen molar-refractivity contribution in [2.75, 3.05) is 25.0 Å². The van der Waals surface area contributed by atoms with Crippen molar-refractivity contribution in [3.05, 3.63) is 90.0 Å². The maximum absolute atomic E-state index is 13.7. The number of amides is 2. The minimum Gasteiger partial charge on any atom is -0.497 e. The second-order valence-electron chi connectivity index (χ2n) is 8.32. The number of ether oxygens (including phenoxy) is 1. The Morgan fingerprint density at radius 1 is 0.972 bits per heavy atom. The van der Waals surface area contributed by atoms with E-state index < -0.39 is 28.5 Å². The molecule has 36 heavy (non-hydrogen) atoms. The van der Waals surface area contributed by atoms with Crippen molar-refractivity contribution in [2.45, 2.75) is 31.3 Å². The molecule has 0 heterocycles. The topological polar surface area (TPSA) is 96.0 Å². The normalized spacial score (nSPS) is 11.9. The first-order chi connectivity index (χ1) is 17.2. The number of nitrogens with one attached hydrogen (secondary N) is 1. The smallest absolute Gasteiger partial charge is 0.264 e. The van der Waals surface area contributed by atoms with Gasteiger partial charge in [-0.05, 0) is 55.8 Å². The van der Waals surface area contributed by atoms with Crippen molar-refractivity contribution in [1.82, 2.24) is 10.2 Å². The van der Waals surface area contributed by atoms with Crippen molar-refractivity contribution in [3.63, 3.8) is 0 Å². The molecule has 1 unspecified atom stereocenters. The summed E-state index contributed by atoms with van der Waals surface area (Å²) in [6.07, 6.45) is 0. The van der Waals surface area contributed by atoms with Gasteiger partial charge in [-0.1, -0.05) is 48.0 Å². The van der Waals surface area contributed by atoms with Crippen molar-refractivity contribution >= 4 is 27.5 Å². The number of aryl methyl sites for hydroxylation is 1. The van der Waals surface area contributed by atoms with Gasteiger partial charge in [0.1, 0.15) is 18.3 Å². The van der Waals surface area contributed by atoms with Gasteiger partial charge in [-0.3, -0.25) is 13.9 Å². The molecule has 0 bridgehead atoms. The van der Waals surface area contributed by atoms with E-state index in [1.807, 2.05) is 13.0 Å². The van der Waals surface area contributed by atoms with Crippen LogP contribution in [-0.2, 0) is 26.2 Å². The third-order valence-electron chi connectivity index (χ3n) is 5.83. The number of hydrogen-bond donors (Lipinski definition) is 1. The second kappa shape index (κ2) is 11.7. The highest BCUT2D eigenvalue weighted by Crippen LogP contribution is 2.25. The molecule has 0 aromatic heterocycles. The summed E-state index contributed by atoms with van der Waals surface area (Å²) < 4.78 is 33.7. The Labute approximate surface area is 212 Å². The minimum atomic E-state index is -4.07. The Bertz CT molecular complexity index is 1290. The van der Waals surface area contributed by atoms with Gasteiger partial charge in [0, 0.05) is 13.6 Å². The van der Waals surface area contributed by atoms with E-state index in [9.17, 15) is 18.0 Å². The number of anilines is 1. The van der Waals surface area contributed by atoms with Crippen LogP contribution in [0, 0.1) is 6.92 Å². The predicted octanol–water partition coefficient (Wildman–Crippen LogP) is 3.36. The van der Waals surface area contributed by atoms with Crippen LogP contribution in [0.5, 0.6) is 5.75 Å². The molecular weight excluding hydrogens is 478 g/mol. The number of carbonyl (C=O) groups excluding carboxylic acids is 2. The minimum absolute atomic E-state index is 0.0726. The van der Waals surface area contributed by atoms with E-state index in [1.54, 1.807) is 74.7 Å².